The van der Waals surface area contributed by atoms with Crippen molar-refractivity contribution in [1.82, 2.24) is 0 Å². The highest BCUT2D eigenvalue weighted by Crippen LogP contribution is 2.53. The van der Waals surface area contributed by atoms with Crippen LogP contribution in [0.4, 0.5) is 0 Å². The fraction of sp³-hybridized carbons (Fsp3) is 0.0968. The fourth-order valence-corrected chi connectivity index (χ4v) is 8.15. The summed E-state index contributed by atoms with van der Waals surface area (Å²) < 4.78 is 0. The van der Waals surface area contributed by atoms with Gasteiger partial charge in [0.2, 0.25) is 0 Å². The molecule has 0 fully saturated rings. The van der Waals surface area contributed by atoms with Crippen molar-refractivity contribution in [2.75, 3.05) is 0 Å². The van der Waals surface area contributed by atoms with Crippen molar-refractivity contribution in [2.24, 2.45) is 0 Å². The van der Waals surface area contributed by atoms with E-state index in [-0.39, 0.29) is 7.92 Å². The lowest BCUT2D eigenvalue weighted by Crippen LogP contribution is -2.15. The van der Waals surface area contributed by atoms with E-state index >= 15 is 0 Å². The molecule has 0 spiro atoms. The smallest absolute Gasteiger partial charge is 0.00205 e. The van der Waals surface area contributed by atoms with Crippen LogP contribution in [0.5, 0.6) is 0 Å². The Morgan fingerprint density at radius 1 is 0.562 bits per heavy atom. The zero-order chi connectivity index (χ0) is 21.5. The van der Waals surface area contributed by atoms with Crippen molar-refractivity contribution in [3.63, 3.8) is 0 Å². The van der Waals surface area contributed by atoms with E-state index in [1.165, 1.54) is 44.2 Å². The summed E-state index contributed by atoms with van der Waals surface area (Å²) in [4.78, 5) is 0. The molecule has 1 aliphatic heterocycles. The second-order valence-corrected chi connectivity index (χ2v) is 10.8. The van der Waals surface area contributed by atoms with Gasteiger partial charge in [-0.1, -0.05) is 117 Å². The van der Waals surface area contributed by atoms with Gasteiger partial charge in [-0.3, -0.25) is 0 Å². The van der Waals surface area contributed by atoms with Crippen molar-refractivity contribution in [2.45, 2.75) is 19.2 Å². The van der Waals surface area contributed by atoms with E-state index in [9.17, 15) is 0 Å². The molecule has 32 heavy (non-hydrogen) atoms. The molecule has 1 unspecified atom stereocenters. The van der Waals surface area contributed by atoms with Gasteiger partial charge in [-0.25, -0.2) is 0 Å². The fourth-order valence-electron chi connectivity index (χ4n) is 5.17. The van der Waals surface area contributed by atoms with E-state index in [1.807, 2.05) is 0 Å². The minimum atomic E-state index is -0.384. The van der Waals surface area contributed by atoms with Gasteiger partial charge in [0.1, 0.15) is 0 Å². The Balaban J connectivity index is 1.59. The number of hydrogen-bond acceptors (Lipinski definition) is 0. The van der Waals surface area contributed by atoms with E-state index in [0.717, 1.165) is 12.3 Å². The second kappa shape index (κ2) is 8.05. The zero-order valence-corrected chi connectivity index (χ0v) is 19.1. The van der Waals surface area contributed by atoms with Crippen molar-refractivity contribution in [3.05, 3.63) is 126 Å². The molecule has 0 saturated carbocycles. The van der Waals surface area contributed by atoms with Crippen LogP contribution in [0.25, 0.3) is 33.0 Å². The third kappa shape index (κ3) is 3.27. The van der Waals surface area contributed by atoms with Gasteiger partial charge in [0, 0.05) is 0 Å². The monoisotopic (exact) mass is 428 g/mol. The van der Waals surface area contributed by atoms with Crippen molar-refractivity contribution in [1.29, 1.82) is 0 Å². The molecule has 0 N–H and O–H groups in total. The first-order valence-electron chi connectivity index (χ1n) is 11.3. The summed E-state index contributed by atoms with van der Waals surface area (Å²) in [5.41, 5.74) is 9.91. The first-order chi connectivity index (χ1) is 15.8. The Morgan fingerprint density at radius 2 is 1.19 bits per heavy atom. The van der Waals surface area contributed by atoms with Crippen LogP contribution in [0.15, 0.2) is 109 Å². The predicted molar refractivity (Wildman–Crippen MR) is 140 cm³/mol. The number of aryl methyl sites for hydroxylation is 1. The first-order valence-corrected chi connectivity index (χ1v) is 13.0. The molecule has 6 rings (SSSR count). The maximum atomic E-state index is 2.35. The molecule has 0 nitrogen and oxygen atoms in total. The van der Waals surface area contributed by atoms with E-state index < -0.39 is 0 Å². The summed E-state index contributed by atoms with van der Waals surface area (Å²) in [5.74, 6) is 0. The van der Waals surface area contributed by atoms with Crippen molar-refractivity contribution < 1.29 is 0 Å². The molecule has 0 radical (unpaired) electrons. The summed E-state index contributed by atoms with van der Waals surface area (Å²) in [5, 5.41) is 4.44. The van der Waals surface area contributed by atoms with Crippen molar-refractivity contribution in [3.8, 4) is 22.3 Å². The van der Waals surface area contributed by atoms with Crippen LogP contribution < -0.4 is 5.30 Å². The molecule has 1 heterocycles. The quantitative estimate of drug-likeness (QED) is 0.254. The molecule has 1 atom stereocenters. The molecule has 0 bridgehead atoms. The zero-order valence-electron chi connectivity index (χ0n) is 18.3. The Bertz CT molecular complexity index is 1360. The van der Waals surface area contributed by atoms with Crippen LogP contribution in [0.1, 0.15) is 16.7 Å². The van der Waals surface area contributed by atoms with Crippen LogP contribution in [0.2, 0.25) is 0 Å². The van der Waals surface area contributed by atoms with Gasteiger partial charge in [0.15, 0.2) is 0 Å². The Morgan fingerprint density at radius 3 is 1.84 bits per heavy atom. The summed E-state index contributed by atoms with van der Waals surface area (Å²) >= 11 is 0. The predicted octanol–water partition coefficient (Wildman–Crippen LogP) is 8.30. The lowest BCUT2D eigenvalue weighted by atomic mass is 9.97. The molecular weight excluding hydrogens is 403 g/mol. The third-order valence-electron chi connectivity index (χ3n) is 6.71. The molecule has 5 aromatic carbocycles. The molecule has 0 amide bonds. The molecule has 0 aromatic heterocycles. The summed E-state index contributed by atoms with van der Waals surface area (Å²) in [6.45, 7) is 2.28. The van der Waals surface area contributed by atoms with Crippen LogP contribution >= 0.6 is 7.92 Å². The van der Waals surface area contributed by atoms with Gasteiger partial charge in [0.25, 0.3) is 0 Å². The molecule has 1 heteroatoms. The molecular formula is C31H25P. The van der Waals surface area contributed by atoms with Crippen LogP contribution in [0, 0.1) is 6.92 Å². The summed E-state index contributed by atoms with van der Waals surface area (Å²) in [6.07, 6.45) is 2.30. The second-order valence-electron chi connectivity index (χ2n) is 8.67. The normalized spacial score (nSPS) is 15.1. The number of hydrogen-bond donors (Lipinski definition) is 0. The van der Waals surface area contributed by atoms with Gasteiger partial charge < -0.3 is 0 Å². The van der Waals surface area contributed by atoms with E-state index in [1.54, 1.807) is 10.9 Å². The minimum Gasteiger partial charge on any atom is -0.0649 e. The van der Waals surface area contributed by atoms with E-state index in [2.05, 4.69) is 116 Å². The Labute approximate surface area is 191 Å². The molecule has 0 aliphatic carbocycles. The topological polar surface area (TPSA) is 0 Å². The molecule has 0 saturated heterocycles. The number of rotatable bonds is 3. The average molecular weight is 429 g/mol. The maximum Gasteiger partial charge on any atom is -0.00205 e. The molecule has 154 valence electrons. The first kappa shape index (κ1) is 19.5. The van der Waals surface area contributed by atoms with Crippen LogP contribution in [0.3, 0.4) is 0 Å². The SMILES string of the molecule is Cc1ccc2cccc3c2c1CP(c1c(-c2ccccc2)cccc1-c1ccccc1)C3. The minimum absolute atomic E-state index is 0.384. The summed E-state index contributed by atoms with van der Waals surface area (Å²) in [7, 11) is -0.384. The molecule has 1 aliphatic rings. The van der Waals surface area contributed by atoms with E-state index in [4.69, 9.17) is 0 Å². The highest BCUT2D eigenvalue weighted by atomic mass is 31.1. The largest absolute Gasteiger partial charge is 0.0649 e. The number of benzene rings is 5. The average Bonchev–Trinajstić information content (AvgIpc) is 2.86. The Kier molecular flexibility index (Phi) is 4.90. The van der Waals surface area contributed by atoms with Crippen molar-refractivity contribution >= 4 is 24.0 Å². The summed E-state index contributed by atoms with van der Waals surface area (Å²) in [6, 6.07) is 40.2. The maximum absolute atomic E-state index is 2.35. The molecule has 5 aromatic rings. The van der Waals surface area contributed by atoms with Gasteiger partial charge in [-0.15, -0.1) is 0 Å². The van der Waals surface area contributed by atoms with Gasteiger partial charge in [0.05, 0.1) is 0 Å². The van der Waals surface area contributed by atoms with Crippen LogP contribution in [-0.4, -0.2) is 0 Å². The third-order valence-corrected chi connectivity index (χ3v) is 9.24. The van der Waals surface area contributed by atoms with Gasteiger partial charge in [-0.05, 0) is 74.3 Å². The van der Waals surface area contributed by atoms with Crippen LogP contribution in [-0.2, 0) is 12.3 Å². The van der Waals surface area contributed by atoms with Gasteiger partial charge in [-0.2, -0.15) is 0 Å². The van der Waals surface area contributed by atoms with Gasteiger partial charge >= 0.3 is 0 Å². The Hall–Kier alpha value is -3.21. The lowest BCUT2D eigenvalue weighted by molar-refractivity contribution is 1.26. The standard InChI is InChI=1S/C31H25P/c1-22-18-19-25-14-8-15-26-20-32(21-29(22)30(25)26)31-27(23-10-4-2-5-11-23)16-9-17-28(31)24-12-6-3-7-13-24/h2-19H,20-21H2,1H3. The lowest BCUT2D eigenvalue weighted by Gasteiger charge is -2.31. The van der Waals surface area contributed by atoms with E-state index in [0.29, 0.717) is 0 Å². The highest BCUT2D eigenvalue weighted by Gasteiger charge is 2.27. The highest BCUT2D eigenvalue weighted by molar-refractivity contribution is 7.65.